The van der Waals surface area contributed by atoms with Crippen molar-refractivity contribution in [3.8, 4) is 23.1 Å². The second-order valence-electron chi connectivity index (χ2n) is 4.19. The summed E-state index contributed by atoms with van der Waals surface area (Å²) in [6.07, 6.45) is 4.03. The number of nitrogens with zero attached hydrogens (tertiary/aromatic N) is 1. The first-order chi connectivity index (χ1) is 10.2. The zero-order valence-electron chi connectivity index (χ0n) is 10.9. The van der Waals surface area contributed by atoms with Gasteiger partial charge in [0.25, 0.3) is 0 Å². The van der Waals surface area contributed by atoms with Crippen molar-refractivity contribution < 1.29 is 24.1 Å². The molecule has 0 saturated carbocycles. The third kappa shape index (κ3) is 2.94. The van der Waals surface area contributed by atoms with Gasteiger partial charge in [0.2, 0.25) is 12.7 Å². The molecule has 0 aliphatic carbocycles. The standard InChI is InChI=1S/C15H11NO5/c17-14(18)6-3-10-2-1-7-16-15(10)21-11-4-5-12-13(8-11)20-9-19-12/h1-8H,9H2,(H,17,18)/b6-3+. The molecule has 0 amide bonds. The largest absolute Gasteiger partial charge is 0.478 e. The summed E-state index contributed by atoms with van der Waals surface area (Å²) in [4.78, 5) is 14.7. The number of ether oxygens (including phenoxy) is 3. The minimum absolute atomic E-state index is 0.189. The summed E-state index contributed by atoms with van der Waals surface area (Å²) in [7, 11) is 0. The lowest BCUT2D eigenvalue weighted by atomic mass is 10.2. The summed E-state index contributed by atoms with van der Waals surface area (Å²) in [5.74, 6) is 1.07. The van der Waals surface area contributed by atoms with E-state index in [1.807, 2.05) is 0 Å². The molecule has 3 rings (SSSR count). The minimum Gasteiger partial charge on any atom is -0.478 e. The van der Waals surface area contributed by atoms with Gasteiger partial charge in [0, 0.05) is 23.9 Å². The van der Waals surface area contributed by atoms with E-state index in [9.17, 15) is 4.79 Å². The normalized spacial score (nSPS) is 12.6. The van der Waals surface area contributed by atoms with Gasteiger partial charge in [0.1, 0.15) is 5.75 Å². The van der Waals surface area contributed by atoms with Crippen LogP contribution in [-0.2, 0) is 4.79 Å². The number of aromatic nitrogens is 1. The van der Waals surface area contributed by atoms with Gasteiger partial charge in [-0.05, 0) is 30.3 Å². The number of rotatable bonds is 4. The van der Waals surface area contributed by atoms with E-state index in [1.54, 1.807) is 36.5 Å². The fraction of sp³-hybridized carbons (Fsp3) is 0.0667. The molecule has 1 aliphatic rings. The number of fused-ring (bicyclic) bond motifs is 1. The Hall–Kier alpha value is -3.02. The van der Waals surface area contributed by atoms with Crippen LogP contribution in [0.25, 0.3) is 6.08 Å². The fourth-order valence-corrected chi connectivity index (χ4v) is 1.83. The van der Waals surface area contributed by atoms with E-state index < -0.39 is 5.97 Å². The lowest BCUT2D eigenvalue weighted by Gasteiger charge is -2.07. The van der Waals surface area contributed by atoms with E-state index in [4.69, 9.17) is 19.3 Å². The van der Waals surface area contributed by atoms with Crippen LogP contribution in [0.5, 0.6) is 23.1 Å². The van der Waals surface area contributed by atoms with Crippen molar-refractivity contribution in [2.24, 2.45) is 0 Å². The first-order valence-electron chi connectivity index (χ1n) is 6.16. The maximum absolute atomic E-state index is 10.6. The Morgan fingerprint density at radius 2 is 2.14 bits per heavy atom. The lowest BCUT2D eigenvalue weighted by molar-refractivity contribution is -0.131. The van der Waals surface area contributed by atoms with Crippen molar-refractivity contribution in [2.75, 3.05) is 6.79 Å². The van der Waals surface area contributed by atoms with Crippen LogP contribution in [0.1, 0.15) is 5.56 Å². The number of benzene rings is 1. The summed E-state index contributed by atoms with van der Waals surface area (Å²) >= 11 is 0. The van der Waals surface area contributed by atoms with E-state index in [0.29, 0.717) is 28.7 Å². The Morgan fingerprint density at radius 1 is 1.29 bits per heavy atom. The number of hydrogen-bond donors (Lipinski definition) is 1. The van der Waals surface area contributed by atoms with Gasteiger partial charge in [0.05, 0.1) is 0 Å². The van der Waals surface area contributed by atoms with Gasteiger partial charge in [0.15, 0.2) is 11.5 Å². The summed E-state index contributed by atoms with van der Waals surface area (Å²) in [5.41, 5.74) is 0.567. The van der Waals surface area contributed by atoms with Crippen LogP contribution in [0.15, 0.2) is 42.6 Å². The molecule has 1 N–H and O–H groups in total. The van der Waals surface area contributed by atoms with Crippen LogP contribution in [-0.4, -0.2) is 22.9 Å². The predicted octanol–water partition coefficient (Wildman–Crippen LogP) is 2.70. The highest BCUT2D eigenvalue weighted by atomic mass is 16.7. The molecule has 0 unspecified atom stereocenters. The molecule has 0 bridgehead atoms. The van der Waals surface area contributed by atoms with Crippen LogP contribution < -0.4 is 14.2 Å². The molecule has 21 heavy (non-hydrogen) atoms. The van der Waals surface area contributed by atoms with Gasteiger partial charge in [-0.15, -0.1) is 0 Å². The second-order valence-corrected chi connectivity index (χ2v) is 4.19. The summed E-state index contributed by atoms with van der Waals surface area (Å²) in [6, 6.07) is 8.59. The highest BCUT2D eigenvalue weighted by Crippen LogP contribution is 2.36. The molecule has 106 valence electrons. The van der Waals surface area contributed by atoms with E-state index >= 15 is 0 Å². The van der Waals surface area contributed by atoms with Crippen LogP contribution in [0.4, 0.5) is 0 Å². The Balaban J connectivity index is 1.86. The first kappa shape index (κ1) is 13.0. The zero-order chi connectivity index (χ0) is 14.7. The maximum Gasteiger partial charge on any atom is 0.328 e. The molecular formula is C15H11NO5. The van der Waals surface area contributed by atoms with Gasteiger partial charge in [-0.1, -0.05) is 0 Å². The minimum atomic E-state index is -1.03. The molecule has 0 spiro atoms. The van der Waals surface area contributed by atoms with Gasteiger partial charge < -0.3 is 19.3 Å². The van der Waals surface area contributed by atoms with Crippen molar-refractivity contribution in [3.63, 3.8) is 0 Å². The molecule has 0 atom stereocenters. The number of pyridine rings is 1. The van der Waals surface area contributed by atoms with Crippen molar-refractivity contribution in [1.29, 1.82) is 0 Å². The highest BCUT2D eigenvalue weighted by molar-refractivity contribution is 5.85. The van der Waals surface area contributed by atoms with Crippen LogP contribution >= 0.6 is 0 Å². The molecule has 0 fully saturated rings. The first-order valence-corrected chi connectivity index (χ1v) is 6.16. The lowest BCUT2D eigenvalue weighted by Crippen LogP contribution is -1.93. The topological polar surface area (TPSA) is 77.9 Å². The number of carboxylic acids is 1. The molecule has 0 saturated heterocycles. The summed E-state index contributed by atoms with van der Waals surface area (Å²) in [5, 5.41) is 8.68. The van der Waals surface area contributed by atoms with Gasteiger partial charge >= 0.3 is 5.97 Å². The quantitative estimate of drug-likeness (QED) is 0.870. The molecule has 1 aromatic heterocycles. The van der Waals surface area contributed by atoms with Crippen molar-refractivity contribution >= 4 is 12.0 Å². The summed E-state index contributed by atoms with van der Waals surface area (Å²) in [6.45, 7) is 0.189. The molecule has 6 nitrogen and oxygen atoms in total. The highest BCUT2D eigenvalue weighted by Gasteiger charge is 2.14. The molecule has 1 aromatic carbocycles. The third-order valence-corrected chi connectivity index (χ3v) is 2.76. The van der Waals surface area contributed by atoms with Crippen molar-refractivity contribution in [1.82, 2.24) is 4.98 Å². The van der Waals surface area contributed by atoms with Gasteiger partial charge in [-0.25, -0.2) is 9.78 Å². The number of carbonyl (C=O) groups is 1. The molecule has 6 heteroatoms. The van der Waals surface area contributed by atoms with E-state index in [0.717, 1.165) is 6.08 Å². The maximum atomic E-state index is 10.6. The molecular weight excluding hydrogens is 274 g/mol. The van der Waals surface area contributed by atoms with Gasteiger partial charge in [-0.3, -0.25) is 0 Å². The van der Waals surface area contributed by atoms with Gasteiger partial charge in [-0.2, -0.15) is 0 Å². The van der Waals surface area contributed by atoms with Crippen molar-refractivity contribution in [3.05, 3.63) is 48.2 Å². The Morgan fingerprint density at radius 3 is 3.00 bits per heavy atom. The Labute approximate surface area is 120 Å². The number of carboxylic acid groups (broad SMARTS) is 1. The number of aliphatic carboxylic acids is 1. The van der Waals surface area contributed by atoms with Crippen LogP contribution in [0.2, 0.25) is 0 Å². The molecule has 2 aromatic rings. The third-order valence-electron chi connectivity index (χ3n) is 2.76. The SMILES string of the molecule is O=C(O)/C=C/c1cccnc1Oc1ccc2c(c1)OCO2. The second kappa shape index (κ2) is 5.54. The van der Waals surface area contributed by atoms with Crippen LogP contribution in [0, 0.1) is 0 Å². The summed E-state index contributed by atoms with van der Waals surface area (Å²) < 4.78 is 16.2. The smallest absolute Gasteiger partial charge is 0.328 e. The number of hydrogen-bond acceptors (Lipinski definition) is 5. The predicted molar refractivity (Wildman–Crippen MR) is 73.5 cm³/mol. The molecule has 2 heterocycles. The average molecular weight is 285 g/mol. The van der Waals surface area contributed by atoms with E-state index in [-0.39, 0.29) is 6.79 Å². The van der Waals surface area contributed by atoms with E-state index in [1.165, 1.54) is 6.08 Å². The average Bonchev–Trinajstić information content (AvgIpc) is 2.94. The Kier molecular flexibility index (Phi) is 3.42. The molecule has 1 aliphatic heterocycles. The fourth-order valence-electron chi connectivity index (χ4n) is 1.83. The van der Waals surface area contributed by atoms with E-state index in [2.05, 4.69) is 4.98 Å². The monoisotopic (exact) mass is 285 g/mol. The Bertz CT molecular complexity index is 711. The molecule has 0 radical (unpaired) electrons. The zero-order valence-corrected chi connectivity index (χ0v) is 10.9. The van der Waals surface area contributed by atoms with Crippen LogP contribution in [0.3, 0.4) is 0 Å². The van der Waals surface area contributed by atoms with Crippen molar-refractivity contribution in [2.45, 2.75) is 0 Å².